The van der Waals surface area contributed by atoms with Gasteiger partial charge in [-0.25, -0.2) is 12.4 Å². The number of ether oxygens (including phenoxy) is 6. The molecule has 1 N–H and O–H groups in total. The van der Waals surface area contributed by atoms with Crippen molar-refractivity contribution in [1.29, 1.82) is 0 Å². The van der Waals surface area contributed by atoms with Gasteiger partial charge in [0.25, 0.3) is 10.0 Å². The van der Waals surface area contributed by atoms with Crippen LogP contribution < -0.4 is 0 Å². The van der Waals surface area contributed by atoms with E-state index in [0.29, 0.717) is 29.5 Å². The van der Waals surface area contributed by atoms with Gasteiger partial charge in [-0.1, -0.05) is 127 Å². The Hall–Kier alpha value is -4.69. The van der Waals surface area contributed by atoms with Crippen LogP contribution in [-0.4, -0.2) is 69.0 Å². The van der Waals surface area contributed by atoms with E-state index < -0.39 is 40.5 Å². The molecule has 1 aliphatic rings. The molecule has 5 aromatic carbocycles. The minimum atomic E-state index is -4.23. The van der Waals surface area contributed by atoms with Crippen LogP contribution in [0.1, 0.15) is 34.1 Å². The molecule has 7 rings (SSSR count). The lowest BCUT2D eigenvalue weighted by molar-refractivity contribution is -0.264. The van der Waals surface area contributed by atoms with Gasteiger partial charge in [-0.05, 0) is 46.9 Å². The first-order chi connectivity index (χ1) is 27.5. The highest BCUT2D eigenvalue weighted by Crippen LogP contribution is 2.42. The predicted octanol–water partition coefficient (Wildman–Crippen LogP) is 7.23. The molecule has 0 bridgehead atoms. The molecule has 10 nitrogen and oxygen atoms in total. The van der Waals surface area contributed by atoms with Crippen molar-refractivity contribution >= 4 is 20.9 Å². The van der Waals surface area contributed by atoms with Crippen molar-refractivity contribution in [2.45, 2.75) is 61.7 Å². The smallest absolute Gasteiger partial charge is 0.268 e. The fourth-order valence-electron chi connectivity index (χ4n) is 7.20. The average molecular weight is 778 g/mol. The summed E-state index contributed by atoms with van der Waals surface area (Å²) in [5, 5.41) is 13.3. The number of aliphatic hydroxyl groups excluding tert-OH is 1. The Labute approximate surface area is 328 Å². The largest absolute Gasteiger partial charge is 0.387 e. The molecule has 0 aliphatic carbocycles. The van der Waals surface area contributed by atoms with Gasteiger partial charge in [0.1, 0.15) is 37.3 Å². The van der Waals surface area contributed by atoms with Gasteiger partial charge in [0.15, 0.2) is 0 Å². The fraction of sp³-hybridized carbons (Fsp3) is 0.289. The van der Waals surface area contributed by atoms with E-state index in [-0.39, 0.29) is 43.8 Å². The Morgan fingerprint density at radius 3 is 1.80 bits per heavy atom. The van der Waals surface area contributed by atoms with Crippen LogP contribution in [0.4, 0.5) is 0 Å². The quantitative estimate of drug-likeness (QED) is 0.0714. The second kappa shape index (κ2) is 19.0. The molecule has 2 heterocycles. The number of hydrogen-bond donors (Lipinski definition) is 1. The second-order valence-electron chi connectivity index (χ2n) is 13.6. The summed E-state index contributed by atoms with van der Waals surface area (Å²) in [7, 11) is -2.69. The van der Waals surface area contributed by atoms with Crippen LogP contribution in [-0.2, 0) is 64.7 Å². The van der Waals surface area contributed by atoms with Gasteiger partial charge in [0.05, 0.1) is 49.1 Å². The maximum absolute atomic E-state index is 14.8. The van der Waals surface area contributed by atoms with Crippen LogP contribution in [0.15, 0.2) is 150 Å². The molecular formula is C45H47NO9S. The highest BCUT2D eigenvalue weighted by Gasteiger charge is 2.50. The van der Waals surface area contributed by atoms with E-state index >= 15 is 0 Å². The van der Waals surface area contributed by atoms with Crippen LogP contribution in [0.2, 0.25) is 0 Å². The highest BCUT2D eigenvalue weighted by atomic mass is 32.2. The SMILES string of the molecule is COCOCCc1c([C@@H]2O[C@@H](COCc3ccccc3)[C@H](OCc3ccccc3)[C@@H](OCc3ccccc3)[C@H]2O)n(S(=O)(=O)c2ccccc2)c2ccccc12. The zero-order valence-corrected chi connectivity index (χ0v) is 32.1. The molecule has 1 saturated heterocycles. The third kappa shape index (κ3) is 9.12. The van der Waals surface area contributed by atoms with E-state index in [1.165, 1.54) is 3.97 Å². The number of fused-ring (bicyclic) bond motifs is 1. The lowest BCUT2D eigenvalue weighted by Gasteiger charge is -2.45. The number of benzene rings is 5. The van der Waals surface area contributed by atoms with Gasteiger partial charge in [-0.2, -0.15) is 0 Å². The molecule has 5 atom stereocenters. The first kappa shape index (κ1) is 39.5. The summed E-state index contributed by atoms with van der Waals surface area (Å²) in [4.78, 5) is 0.0955. The Morgan fingerprint density at radius 1 is 0.661 bits per heavy atom. The van der Waals surface area contributed by atoms with Crippen molar-refractivity contribution in [1.82, 2.24) is 3.97 Å². The van der Waals surface area contributed by atoms with Gasteiger partial charge < -0.3 is 33.5 Å². The Morgan fingerprint density at radius 2 is 1.20 bits per heavy atom. The summed E-state index contributed by atoms with van der Waals surface area (Å²) >= 11 is 0. The number of methoxy groups -OCH3 is 1. The Balaban J connectivity index is 1.35. The maximum Gasteiger partial charge on any atom is 0.268 e. The molecule has 0 radical (unpaired) electrons. The number of para-hydroxylation sites is 1. The fourth-order valence-corrected chi connectivity index (χ4v) is 8.80. The Bertz CT molecular complexity index is 2220. The molecule has 11 heteroatoms. The first-order valence-corrected chi connectivity index (χ1v) is 20.2. The van der Waals surface area contributed by atoms with E-state index in [1.54, 1.807) is 49.6 Å². The lowest BCUT2D eigenvalue weighted by atomic mass is 9.91. The summed E-state index contributed by atoms with van der Waals surface area (Å²) in [6, 6.07) is 44.8. The van der Waals surface area contributed by atoms with E-state index in [9.17, 15) is 13.5 Å². The Kier molecular flexibility index (Phi) is 13.4. The predicted molar refractivity (Wildman–Crippen MR) is 212 cm³/mol. The first-order valence-electron chi connectivity index (χ1n) is 18.7. The van der Waals surface area contributed by atoms with Gasteiger partial charge in [0.2, 0.25) is 0 Å². The number of aromatic nitrogens is 1. The van der Waals surface area contributed by atoms with Gasteiger partial charge >= 0.3 is 0 Å². The molecule has 1 aliphatic heterocycles. The van der Waals surface area contributed by atoms with Crippen LogP contribution in [0.25, 0.3) is 10.9 Å². The van der Waals surface area contributed by atoms with Gasteiger partial charge in [0, 0.05) is 12.5 Å². The minimum absolute atomic E-state index is 0.0650. The lowest BCUT2D eigenvalue weighted by Crippen LogP contribution is -2.58. The summed E-state index contributed by atoms with van der Waals surface area (Å²) in [6.07, 6.45) is -4.83. The molecule has 6 aromatic rings. The topological polar surface area (TPSA) is 115 Å². The molecule has 0 saturated carbocycles. The summed E-state index contributed by atoms with van der Waals surface area (Å²) in [5.74, 6) is 0. The standard InChI is InChI=1S/C45H47NO9S/c1-50-32-51-27-26-38-37-24-14-15-25-39(37)46(56(48,49)36-22-12-5-13-23-36)41(38)44-42(47)45(54-30-35-20-10-4-11-21-35)43(53-29-34-18-8-3-9-19-34)40(55-44)31-52-28-33-16-6-2-7-17-33/h2-25,40,42-45,47H,26-32H2,1H3/t40-,42-,43-,44-,45-/m0/s1. The normalized spacial score (nSPS) is 20.0. The highest BCUT2D eigenvalue weighted by molar-refractivity contribution is 7.90. The molecule has 292 valence electrons. The minimum Gasteiger partial charge on any atom is -0.387 e. The van der Waals surface area contributed by atoms with Crippen molar-refractivity contribution in [3.63, 3.8) is 0 Å². The summed E-state index contributed by atoms with van der Waals surface area (Å²) < 4.78 is 68.4. The third-order valence-corrected chi connectivity index (χ3v) is 11.6. The van der Waals surface area contributed by atoms with Crippen molar-refractivity contribution in [3.8, 4) is 0 Å². The van der Waals surface area contributed by atoms with Crippen LogP contribution in [0, 0.1) is 0 Å². The van der Waals surface area contributed by atoms with E-state index in [0.717, 1.165) is 16.7 Å². The number of aliphatic hydroxyl groups is 1. The van der Waals surface area contributed by atoms with Crippen LogP contribution in [0.5, 0.6) is 0 Å². The zero-order valence-electron chi connectivity index (χ0n) is 31.3. The molecule has 0 spiro atoms. The molecule has 0 unspecified atom stereocenters. The van der Waals surface area contributed by atoms with Crippen LogP contribution >= 0.6 is 0 Å². The van der Waals surface area contributed by atoms with E-state index in [1.807, 2.05) is 103 Å². The zero-order chi connectivity index (χ0) is 38.7. The maximum atomic E-state index is 14.8. The third-order valence-electron chi connectivity index (χ3n) is 9.85. The molecule has 1 aromatic heterocycles. The molecule has 56 heavy (non-hydrogen) atoms. The summed E-state index contributed by atoms with van der Waals surface area (Å²) in [5.41, 5.74) is 4.21. The van der Waals surface area contributed by atoms with E-state index in [4.69, 9.17) is 28.4 Å². The monoisotopic (exact) mass is 777 g/mol. The van der Waals surface area contributed by atoms with Crippen molar-refractivity contribution in [2.24, 2.45) is 0 Å². The van der Waals surface area contributed by atoms with Crippen molar-refractivity contribution in [3.05, 3.63) is 174 Å². The summed E-state index contributed by atoms with van der Waals surface area (Å²) in [6.45, 7) is 1.05. The number of rotatable bonds is 18. The van der Waals surface area contributed by atoms with Gasteiger partial charge in [-0.15, -0.1) is 0 Å². The van der Waals surface area contributed by atoms with Crippen molar-refractivity contribution in [2.75, 3.05) is 27.1 Å². The number of hydrogen-bond acceptors (Lipinski definition) is 9. The van der Waals surface area contributed by atoms with Crippen molar-refractivity contribution < 1.29 is 41.9 Å². The number of nitrogens with zero attached hydrogens (tertiary/aromatic N) is 1. The average Bonchev–Trinajstić information content (AvgIpc) is 3.57. The molecule has 1 fully saturated rings. The second-order valence-corrected chi connectivity index (χ2v) is 15.4. The molecular weight excluding hydrogens is 731 g/mol. The van der Waals surface area contributed by atoms with E-state index in [2.05, 4.69) is 0 Å². The molecule has 0 amide bonds. The van der Waals surface area contributed by atoms with Crippen LogP contribution in [0.3, 0.4) is 0 Å². The van der Waals surface area contributed by atoms with Gasteiger partial charge in [-0.3, -0.25) is 0 Å².